The molecule has 1 aliphatic heterocycles. The Kier molecular flexibility index (Phi) is 4.47. The number of likely N-dealkylation sites (tertiary alicyclic amines) is 1. The number of amides is 1. The van der Waals surface area contributed by atoms with Crippen molar-refractivity contribution >= 4 is 17.2 Å². The molecule has 0 radical (unpaired) electrons. The predicted molar refractivity (Wildman–Crippen MR) is 97.1 cm³/mol. The molecule has 1 saturated heterocycles. The number of hydrogen-bond acceptors (Lipinski definition) is 4. The van der Waals surface area contributed by atoms with E-state index in [0.29, 0.717) is 12.3 Å². The number of pyridine rings is 1. The van der Waals surface area contributed by atoms with Crippen molar-refractivity contribution in [1.29, 1.82) is 0 Å². The van der Waals surface area contributed by atoms with Gasteiger partial charge in [0.05, 0.1) is 18.2 Å². The molecular formula is C19H25N3OS. The van der Waals surface area contributed by atoms with Crippen LogP contribution in [0.5, 0.6) is 0 Å². The summed E-state index contributed by atoms with van der Waals surface area (Å²) in [7, 11) is 0. The zero-order valence-electron chi connectivity index (χ0n) is 15.0. The molecule has 24 heavy (non-hydrogen) atoms. The molecule has 0 bridgehead atoms. The molecule has 2 aromatic heterocycles. The molecule has 0 aromatic carbocycles. The van der Waals surface area contributed by atoms with Crippen molar-refractivity contribution in [3.63, 3.8) is 0 Å². The highest BCUT2D eigenvalue weighted by Gasteiger charge is 2.48. The molecule has 4 nitrogen and oxygen atoms in total. The molecule has 0 saturated carbocycles. The SMILES string of the molecule is Cc1sc(CC(=O)N2CC(C)(C)[C@H]2c2cccnc2)nc1C(C)C. The largest absolute Gasteiger partial charge is 0.334 e. The van der Waals surface area contributed by atoms with Crippen LogP contribution in [0, 0.1) is 12.3 Å². The van der Waals surface area contributed by atoms with Crippen molar-refractivity contribution in [2.24, 2.45) is 5.41 Å². The normalized spacial score (nSPS) is 19.4. The average molecular weight is 343 g/mol. The van der Waals surface area contributed by atoms with Gasteiger partial charge < -0.3 is 4.90 Å². The number of carbonyl (C=O) groups is 1. The summed E-state index contributed by atoms with van der Waals surface area (Å²) in [6, 6.07) is 4.10. The highest BCUT2D eigenvalue weighted by atomic mass is 32.1. The van der Waals surface area contributed by atoms with Crippen LogP contribution >= 0.6 is 11.3 Å². The number of rotatable bonds is 4. The number of nitrogens with zero attached hydrogens (tertiary/aromatic N) is 3. The summed E-state index contributed by atoms with van der Waals surface area (Å²) in [6.07, 6.45) is 4.04. The van der Waals surface area contributed by atoms with E-state index in [1.54, 1.807) is 17.5 Å². The summed E-state index contributed by atoms with van der Waals surface area (Å²) >= 11 is 1.65. The Balaban J connectivity index is 1.77. The quantitative estimate of drug-likeness (QED) is 0.839. The smallest absolute Gasteiger partial charge is 0.230 e. The molecule has 3 heterocycles. The van der Waals surface area contributed by atoms with Crippen LogP contribution in [-0.2, 0) is 11.2 Å². The Bertz CT molecular complexity index is 736. The Morgan fingerprint density at radius 2 is 2.21 bits per heavy atom. The Morgan fingerprint density at radius 3 is 2.75 bits per heavy atom. The standard InChI is InChI=1S/C19H25N3OS/c1-12(2)17-13(3)24-15(21-17)9-16(23)22-11-19(4,5)18(22)14-7-6-8-20-10-14/h6-8,10,12,18H,9,11H2,1-5H3/t18-/m1/s1. The van der Waals surface area contributed by atoms with Gasteiger partial charge >= 0.3 is 0 Å². The summed E-state index contributed by atoms with van der Waals surface area (Å²) in [4.78, 5) is 24.9. The van der Waals surface area contributed by atoms with Crippen molar-refractivity contribution < 1.29 is 4.79 Å². The fraction of sp³-hybridized carbons (Fsp3) is 0.526. The third-order valence-electron chi connectivity index (χ3n) is 4.68. The van der Waals surface area contributed by atoms with E-state index in [1.807, 2.05) is 17.2 Å². The molecule has 2 aromatic rings. The molecule has 0 N–H and O–H groups in total. The molecule has 1 atom stereocenters. The van der Waals surface area contributed by atoms with Gasteiger partial charge in [0, 0.05) is 29.2 Å². The summed E-state index contributed by atoms with van der Waals surface area (Å²) in [5, 5.41) is 0.927. The number of thiazole rings is 1. The van der Waals surface area contributed by atoms with Gasteiger partial charge in [-0.3, -0.25) is 9.78 Å². The van der Waals surface area contributed by atoms with Crippen LogP contribution in [0.2, 0.25) is 0 Å². The number of carbonyl (C=O) groups excluding carboxylic acids is 1. The molecule has 128 valence electrons. The lowest BCUT2D eigenvalue weighted by Gasteiger charge is -2.54. The monoisotopic (exact) mass is 343 g/mol. The zero-order valence-corrected chi connectivity index (χ0v) is 15.9. The van der Waals surface area contributed by atoms with E-state index in [0.717, 1.165) is 22.8 Å². The van der Waals surface area contributed by atoms with E-state index in [9.17, 15) is 4.79 Å². The van der Waals surface area contributed by atoms with E-state index in [-0.39, 0.29) is 17.4 Å². The highest BCUT2D eigenvalue weighted by Crippen LogP contribution is 2.48. The van der Waals surface area contributed by atoms with Crippen LogP contribution in [0.3, 0.4) is 0 Å². The molecule has 0 spiro atoms. The average Bonchev–Trinajstić information content (AvgIpc) is 2.87. The van der Waals surface area contributed by atoms with Gasteiger partial charge in [0.1, 0.15) is 5.01 Å². The van der Waals surface area contributed by atoms with E-state index >= 15 is 0 Å². The first kappa shape index (κ1) is 17.1. The van der Waals surface area contributed by atoms with E-state index < -0.39 is 0 Å². The van der Waals surface area contributed by atoms with Gasteiger partial charge in [-0.15, -0.1) is 11.3 Å². The highest BCUT2D eigenvalue weighted by molar-refractivity contribution is 7.11. The maximum Gasteiger partial charge on any atom is 0.230 e. The minimum atomic E-state index is 0.0839. The topological polar surface area (TPSA) is 46.1 Å². The zero-order chi connectivity index (χ0) is 17.5. The van der Waals surface area contributed by atoms with Gasteiger partial charge in [-0.1, -0.05) is 33.8 Å². The van der Waals surface area contributed by atoms with Crippen molar-refractivity contribution in [1.82, 2.24) is 14.9 Å². The van der Waals surface area contributed by atoms with Crippen LogP contribution in [0.1, 0.15) is 60.8 Å². The molecule has 3 rings (SSSR count). The second-order valence-corrected chi connectivity index (χ2v) is 8.87. The number of aryl methyl sites for hydroxylation is 1. The third-order valence-corrected chi connectivity index (χ3v) is 5.66. The fourth-order valence-electron chi connectivity index (χ4n) is 3.63. The van der Waals surface area contributed by atoms with Gasteiger partial charge in [0.25, 0.3) is 0 Å². The first-order valence-corrected chi connectivity index (χ1v) is 9.27. The molecular weight excluding hydrogens is 318 g/mol. The maximum atomic E-state index is 12.8. The van der Waals surface area contributed by atoms with E-state index in [1.165, 1.54) is 4.88 Å². The molecule has 1 aliphatic rings. The molecule has 1 fully saturated rings. The van der Waals surface area contributed by atoms with E-state index in [2.05, 4.69) is 50.7 Å². The lowest BCUT2D eigenvalue weighted by Crippen LogP contribution is -2.58. The van der Waals surface area contributed by atoms with E-state index in [4.69, 9.17) is 0 Å². The van der Waals surface area contributed by atoms with Crippen LogP contribution in [0.15, 0.2) is 24.5 Å². The number of aromatic nitrogens is 2. The van der Waals surface area contributed by atoms with Crippen molar-refractivity contribution in [2.75, 3.05) is 6.54 Å². The molecule has 5 heteroatoms. The summed E-state index contributed by atoms with van der Waals surface area (Å²) in [6.45, 7) is 11.6. The summed E-state index contributed by atoms with van der Waals surface area (Å²) < 4.78 is 0. The Morgan fingerprint density at radius 1 is 1.46 bits per heavy atom. The maximum absolute atomic E-state index is 12.8. The lowest BCUT2D eigenvalue weighted by molar-refractivity contribution is -0.151. The minimum Gasteiger partial charge on any atom is -0.334 e. The van der Waals surface area contributed by atoms with Gasteiger partial charge in [-0.2, -0.15) is 0 Å². The molecule has 0 aliphatic carbocycles. The van der Waals surface area contributed by atoms with Crippen LogP contribution in [0.25, 0.3) is 0 Å². The molecule has 1 amide bonds. The number of hydrogen-bond donors (Lipinski definition) is 0. The van der Waals surface area contributed by atoms with Crippen LogP contribution < -0.4 is 0 Å². The Labute approximate surface area is 147 Å². The van der Waals surface area contributed by atoms with Crippen LogP contribution in [-0.4, -0.2) is 27.3 Å². The van der Waals surface area contributed by atoms with Gasteiger partial charge in [0.15, 0.2) is 0 Å². The van der Waals surface area contributed by atoms with Gasteiger partial charge in [0.2, 0.25) is 5.91 Å². The van der Waals surface area contributed by atoms with Crippen molar-refractivity contribution in [3.05, 3.63) is 45.7 Å². The van der Waals surface area contributed by atoms with Crippen molar-refractivity contribution in [3.8, 4) is 0 Å². The summed E-state index contributed by atoms with van der Waals surface area (Å²) in [5.74, 6) is 0.559. The predicted octanol–water partition coefficient (Wildman–Crippen LogP) is 4.12. The van der Waals surface area contributed by atoms with Crippen LogP contribution in [0.4, 0.5) is 0 Å². The molecule has 0 unspecified atom stereocenters. The lowest BCUT2D eigenvalue weighted by atomic mass is 9.72. The second kappa shape index (κ2) is 6.28. The van der Waals surface area contributed by atoms with Gasteiger partial charge in [-0.05, 0) is 24.5 Å². The first-order valence-electron chi connectivity index (χ1n) is 8.45. The summed E-state index contributed by atoms with van der Waals surface area (Å²) in [5.41, 5.74) is 2.32. The Hall–Kier alpha value is -1.75. The minimum absolute atomic E-state index is 0.0839. The first-order chi connectivity index (χ1) is 11.3. The fourth-order valence-corrected chi connectivity index (χ4v) is 4.71. The van der Waals surface area contributed by atoms with Gasteiger partial charge in [-0.25, -0.2) is 4.98 Å². The van der Waals surface area contributed by atoms with Crippen molar-refractivity contribution in [2.45, 2.75) is 53.0 Å². The third kappa shape index (κ3) is 3.09. The second-order valence-electron chi connectivity index (χ2n) is 7.58.